The lowest BCUT2D eigenvalue weighted by atomic mass is 10.1. The van der Waals surface area contributed by atoms with E-state index in [0.717, 1.165) is 18.4 Å². The number of carboxylic acids is 1. The molecule has 1 amide bonds. The predicted octanol–water partition coefficient (Wildman–Crippen LogP) is 2.74. The minimum atomic E-state index is -0.840. The van der Waals surface area contributed by atoms with E-state index in [-0.39, 0.29) is 18.4 Å². The van der Waals surface area contributed by atoms with Gasteiger partial charge in [-0.05, 0) is 37.0 Å². The number of hydrogen-bond donors (Lipinski definition) is 1. The molecule has 1 heterocycles. The Labute approximate surface area is 123 Å². The van der Waals surface area contributed by atoms with Crippen LogP contribution in [-0.2, 0) is 16.0 Å². The highest BCUT2D eigenvalue weighted by Crippen LogP contribution is 2.21. The van der Waals surface area contributed by atoms with Gasteiger partial charge in [-0.2, -0.15) is 0 Å². The Morgan fingerprint density at radius 3 is 2.65 bits per heavy atom. The molecule has 4 nitrogen and oxygen atoms in total. The number of likely N-dealkylation sites (tertiary alicyclic amines) is 1. The second-order valence-corrected chi connectivity index (χ2v) is 5.54. The van der Waals surface area contributed by atoms with E-state index in [9.17, 15) is 9.59 Å². The molecule has 1 aliphatic rings. The molecular formula is C15H18ClNO3. The van der Waals surface area contributed by atoms with Crippen LogP contribution in [0, 0.1) is 0 Å². The first-order valence-corrected chi connectivity index (χ1v) is 7.20. The molecule has 1 unspecified atom stereocenters. The number of benzene rings is 1. The van der Waals surface area contributed by atoms with Gasteiger partial charge in [-0.1, -0.05) is 23.7 Å². The molecule has 0 saturated carbocycles. The second-order valence-electron chi connectivity index (χ2n) is 5.11. The summed E-state index contributed by atoms with van der Waals surface area (Å²) in [5, 5.41) is 9.54. The molecule has 0 bridgehead atoms. The zero-order valence-corrected chi connectivity index (χ0v) is 12.0. The molecule has 0 aromatic heterocycles. The van der Waals surface area contributed by atoms with E-state index < -0.39 is 5.97 Å². The summed E-state index contributed by atoms with van der Waals surface area (Å²) in [4.78, 5) is 24.7. The Kier molecular flexibility index (Phi) is 5.01. The molecule has 5 heteroatoms. The SMILES string of the molecule is O=C(O)CC1CCCN1C(=O)CCc1ccc(Cl)cc1. The normalized spacial score (nSPS) is 18.2. The second kappa shape index (κ2) is 6.75. The van der Waals surface area contributed by atoms with Gasteiger partial charge in [0.25, 0.3) is 0 Å². The Bertz CT molecular complexity index is 486. The van der Waals surface area contributed by atoms with Gasteiger partial charge in [0.15, 0.2) is 0 Å². The van der Waals surface area contributed by atoms with E-state index in [1.54, 1.807) is 4.90 Å². The number of carboxylic acid groups (broad SMARTS) is 1. The lowest BCUT2D eigenvalue weighted by Gasteiger charge is -2.23. The maximum Gasteiger partial charge on any atom is 0.305 e. The van der Waals surface area contributed by atoms with Crippen molar-refractivity contribution in [3.8, 4) is 0 Å². The van der Waals surface area contributed by atoms with Gasteiger partial charge in [-0.3, -0.25) is 9.59 Å². The van der Waals surface area contributed by atoms with Crippen LogP contribution >= 0.6 is 11.6 Å². The average Bonchev–Trinajstić information content (AvgIpc) is 2.85. The molecule has 1 fully saturated rings. The van der Waals surface area contributed by atoms with Crippen molar-refractivity contribution in [3.05, 3.63) is 34.9 Å². The fourth-order valence-electron chi connectivity index (χ4n) is 2.62. The van der Waals surface area contributed by atoms with Crippen molar-refractivity contribution in [2.24, 2.45) is 0 Å². The fraction of sp³-hybridized carbons (Fsp3) is 0.467. The zero-order chi connectivity index (χ0) is 14.5. The lowest BCUT2D eigenvalue weighted by molar-refractivity contribution is -0.139. The molecule has 1 aromatic carbocycles. The van der Waals surface area contributed by atoms with Crippen LogP contribution < -0.4 is 0 Å². The number of carbonyl (C=O) groups excluding carboxylic acids is 1. The van der Waals surface area contributed by atoms with Gasteiger partial charge in [0.1, 0.15) is 0 Å². The van der Waals surface area contributed by atoms with Gasteiger partial charge >= 0.3 is 5.97 Å². The quantitative estimate of drug-likeness (QED) is 0.908. The number of amides is 1. The van der Waals surface area contributed by atoms with Crippen molar-refractivity contribution in [2.45, 2.75) is 38.1 Å². The van der Waals surface area contributed by atoms with Gasteiger partial charge in [0.05, 0.1) is 6.42 Å². The van der Waals surface area contributed by atoms with E-state index in [4.69, 9.17) is 16.7 Å². The molecule has 1 saturated heterocycles. The molecule has 1 aromatic rings. The third-order valence-electron chi connectivity index (χ3n) is 3.65. The largest absolute Gasteiger partial charge is 0.481 e. The van der Waals surface area contributed by atoms with Gasteiger partial charge in [0.2, 0.25) is 5.91 Å². The standard InChI is InChI=1S/C15H18ClNO3/c16-12-6-3-11(4-7-12)5-8-14(18)17-9-1-2-13(17)10-15(19)20/h3-4,6-7,13H,1-2,5,8-10H2,(H,19,20). The summed E-state index contributed by atoms with van der Waals surface area (Å²) < 4.78 is 0. The summed E-state index contributed by atoms with van der Waals surface area (Å²) >= 11 is 5.81. The molecule has 108 valence electrons. The average molecular weight is 296 g/mol. The zero-order valence-electron chi connectivity index (χ0n) is 11.2. The van der Waals surface area contributed by atoms with Gasteiger partial charge < -0.3 is 10.0 Å². The van der Waals surface area contributed by atoms with Crippen LogP contribution in [0.2, 0.25) is 5.02 Å². The van der Waals surface area contributed by atoms with E-state index >= 15 is 0 Å². The molecule has 2 rings (SSSR count). The lowest BCUT2D eigenvalue weighted by Crippen LogP contribution is -2.36. The third-order valence-corrected chi connectivity index (χ3v) is 3.90. The van der Waals surface area contributed by atoms with Crippen LogP contribution in [-0.4, -0.2) is 34.5 Å². The molecule has 1 aliphatic heterocycles. The first-order chi connectivity index (χ1) is 9.56. The minimum Gasteiger partial charge on any atom is -0.481 e. The Morgan fingerprint density at radius 2 is 2.00 bits per heavy atom. The highest BCUT2D eigenvalue weighted by molar-refractivity contribution is 6.30. The number of nitrogens with zero attached hydrogens (tertiary/aromatic N) is 1. The van der Waals surface area contributed by atoms with Crippen LogP contribution in [0.5, 0.6) is 0 Å². The molecule has 0 spiro atoms. The minimum absolute atomic E-state index is 0.0451. The summed E-state index contributed by atoms with van der Waals surface area (Å²) in [6.07, 6.45) is 2.81. The van der Waals surface area contributed by atoms with E-state index in [1.807, 2.05) is 24.3 Å². The van der Waals surface area contributed by atoms with Crippen molar-refractivity contribution in [1.82, 2.24) is 4.90 Å². The van der Waals surface area contributed by atoms with Crippen molar-refractivity contribution < 1.29 is 14.7 Å². The number of hydrogen-bond acceptors (Lipinski definition) is 2. The van der Waals surface area contributed by atoms with Gasteiger partial charge in [-0.25, -0.2) is 0 Å². The first kappa shape index (κ1) is 14.9. The summed E-state index contributed by atoms with van der Waals surface area (Å²) in [6.45, 7) is 0.678. The fourth-order valence-corrected chi connectivity index (χ4v) is 2.75. The third kappa shape index (κ3) is 3.97. The topological polar surface area (TPSA) is 57.6 Å². The first-order valence-electron chi connectivity index (χ1n) is 6.82. The van der Waals surface area contributed by atoms with Crippen LogP contribution in [0.1, 0.15) is 31.2 Å². The number of aryl methyl sites for hydroxylation is 1. The number of halogens is 1. The molecule has 0 radical (unpaired) electrons. The molecule has 20 heavy (non-hydrogen) atoms. The van der Waals surface area contributed by atoms with Crippen LogP contribution in [0.4, 0.5) is 0 Å². The summed E-state index contributed by atoms with van der Waals surface area (Å²) in [5.74, 6) is -0.795. The van der Waals surface area contributed by atoms with Crippen molar-refractivity contribution in [3.63, 3.8) is 0 Å². The molecular weight excluding hydrogens is 278 g/mol. The van der Waals surface area contributed by atoms with Crippen LogP contribution in [0.15, 0.2) is 24.3 Å². The summed E-state index contributed by atoms with van der Waals surface area (Å²) in [6, 6.07) is 7.31. The molecule has 0 aliphatic carbocycles. The summed E-state index contributed by atoms with van der Waals surface area (Å²) in [5.41, 5.74) is 1.07. The number of rotatable bonds is 5. The van der Waals surface area contributed by atoms with Gasteiger partial charge in [-0.15, -0.1) is 0 Å². The number of carbonyl (C=O) groups is 2. The molecule has 1 N–H and O–H groups in total. The van der Waals surface area contributed by atoms with Gasteiger partial charge in [0, 0.05) is 24.0 Å². The van der Waals surface area contributed by atoms with E-state index in [1.165, 1.54) is 0 Å². The predicted molar refractivity (Wildman–Crippen MR) is 76.8 cm³/mol. The maximum absolute atomic E-state index is 12.2. The highest BCUT2D eigenvalue weighted by atomic mass is 35.5. The van der Waals surface area contributed by atoms with Crippen LogP contribution in [0.25, 0.3) is 0 Å². The van der Waals surface area contributed by atoms with Crippen molar-refractivity contribution in [2.75, 3.05) is 6.54 Å². The Balaban J connectivity index is 1.87. The van der Waals surface area contributed by atoms with E-state index in [0.29, 0.717) is 24.4 Å². The maximum atomic E-state index is 12.2. The van der Waals surface area contributed by atoms with Crippen LogP contribution in [0.3, 0.4) is 0 Å². The Hall–Kier alpha value is -1.55. The highest BCUT2D eigenvalue weighted by Gasteiger charge is 2.29. The monoisotopic (exact) mass is 295 g/mol. The van der Waals surface area contributed by atoms with Crippen molar-refractivity contribution >= 4 is 23.5 Å². The molecule has 1 atom stereocenters. The van der Waals surface area contributed by atoms with E-state index in [2.05, 4.69) is 0 Å². The smallest absolute Gasteiger partial charge is 0.305 e. The number of aliphatic carboxylic acids is 1. The van der Waals surface area contributed by atoms with Crippen molar-refractivity contribution in [1.29, 1.82) is 0 Å². The summed E-state index contributed by atoms with van der Waals surface area (Å²) in [7, 11) is 0. The Morgan fingerprint density at radius 1 is 1.30 bits per heavy atom.